The molecule has 30 heavy (non-hydrogen) atoms. The van der Waals surface area contributed by atoms with E-state index < -0.39 is 4.92 Å². The van der Waals surface area contributed by atoms with Crippen molar-refractivity contribution >= 4 is 17.9 Å². The van der Waals surface area contributed by atoms with Crippen molar-refractivity contribution in [2.24, 2.45) is 5.10 Å². The number of hydrazone groups is 1. The lowest BCUT2D eigenvalue weighted by Gasteiger charge is -2.10. The molecule has 2 aromatic carbocycles. The molecule has 0 aliphatic heterocycles. The minimum Gasteiger partial charge on any atom is -0.490 e. The van der Waals surface area contributed by atoms with E-state index in [1.165, 1.54) is 25.5 Å². The van der Waals surface area contributed by atoms with Gasteiger partial charge in [0.1, 0.15) is 0 Å². The number of nitro groups is 1. The van der Waals surface area contributed by atoms with Crippen molar-refractivity contribution < 1.29 is 14.4 Å². The summed E-state index contributed by atoms with van der Waals surface area (Å²) in [6, 6.07) is 13.5. The summed E-state index contributed by atoms with van der Waals surface area (Å²) in [4.78, 5) is 29.6. The Morgan fingerprint density at radius 1 is 1.27 bits per heavy atom. The SMILES string of the molecule is CCOc1cc(/C=N\Nc2nc(-c3ccccc3)cc(=O)[nH]2)cc([N+](=O)[O-])c1OC. The summed E-state index contributed by atoms with van der Waals surface area (Å²) in [5, 5.41) is 15.4. The summed E-state index contributed by atoms with van der Waals surface area (Å²) in [5.74, 6) is 0.396. The highest BCUT2D eigenvalue weighted by Crippen LogP contribution is 2.37. The summed E-state index contributed by atoms with van der Waals surface area (Å²) >= 11 is 0. The fraction of sp³-hybridized carbons (Fsp3) is 0.150. The van der Waals surface area contributed by atoms with Gasteiger partial charge in [0.2, 0.25) is 11.7 Å². The molecular weight excluding hydrogens is 390 g/mol. The van der Waals surface area contributed by atoms with E-state index in [2.05, 4.69) is 20.5 Å². The van der Waals surface area contributed by atoms with Crippen LogP contribution in [0.5, 0.6) is 11.5 Å². The minimum atomic E-state index is -0.561. The van der Waals surface area contributed by atoms with Crippen molar-refractivity contribution in [3.63, 3.8) is 0 Å². The Labute approximate surface area is 171 Å². The second kappa shape index (κ2) is 9.32. The summed E-state index contributed by atoms with van der Waals surface area (Å²) in [7, 11) is 1.34. The van der Waals surface area contributed by atoms with Gasteiger partial charge in [0, 0.05) is 23.3 Å². The molecule has 154 valence electrons. The topological polar surface area (TPSA) is 132 Å². The van der Waals surface area contributed by atoms with E-state index in [9.17, 15) is 14.9 Å². The van der Waals surface area contributed by atoms with Crippen LogP contribution in [0.2, 0.25) is 0 Å². The zero-order chi connectivity index (χ0) is 21.5. The van der Waals surface area contributed by atoms with Crippen LogP contribution in [0, 0.1) is 10.1 Å². The van der Waals surface area contributed by atoms with E-state index in [0.29, 0.717) is 17.9 Å². The lowest BCUT2D eigenvalue weighted by Crippen LogP contribution is -2.10. The molecule has 2 N–H and O–H groups in total. The monoisotopic (exact) mass is 409 g/mol. The average Bonchev–Trinajstić information content (AvgIpc) is 2.74. The van der Waals surface area contributed by atoms with Crippen LogP contribution < -0.4 is 20.5 Å². The van der Waals surface area contributed by atoms with E-state index in [-0.39, 0.29) is 28.7 Å². The Morgan fingerprint density at radius 3 is 2.70 bits per heavy atom. The number of aromatic amines is 1. The van der Waals surface area contributed by atoms with Crippen molar-refractivity contribution in [1.82, 2.24) is 9.97 Å². The highest BCUT2D eigenvalue weighted by Gasteiger charge is 2.21. The van der Waals surface area contributed by atoms with Crippen LogP contribution in [-0.4, -0.2) is 34.8 Å². The molecule has 0 amide bonds. The predicted molar refractivity (Wildman–Crippen MR) is 112 cm³/mol. The fourth-order valence-electron chi connectivity index (χ4n) is 2.72. The van der Waals surface area contributed by atoms with Crippen LogP contribution in [0.3, 0.4) is 0 Å². The van der Waals surface area contributed by atoms with Crippen molar-refractivity contribution in [1.29, 1.82) is 0 Å². The van der Waals surface area contributed by atoms with E-state index in [1.807, 2.05) is 30.3 Å². The van der Waals surface area contributed by atoms with Gasteiger partial charge in [-0.05, 0) is 13.0 Å². The Hall–Kier alpha value is -4.21. The second-order valence-corrected chi connectivity index (χ2v) is 5.98. The third-order valence-electron chi connectivity index (χ3n) is 3.95. The molecule has 1 aromatic heterocycles. The van der Waals surface area contributed by atoms with Gasteiger partial charge in [-0.1, -0.05) is 30.3 Å². The summed E-state index contributed by atoms with van der Waals surface area (Å²) in [6.45, 7) is 2.07. The predicted octanol–water partition coefficient (Wildman–Crippen LogP) is 3.20. The largest absolute Gasteiger partial charge is 0.490 e. The first-order valence-electron chi connectivity index (χ1n) is 8.97. The van der Waals surface area contributed by atoms with Crippen LogP contribution in [0.15, 0.2) is 58.4 Å². The van der Waals surface area contributed by atoms with Gasteiger partial charge in [-0.2, -0.15) is 5.10 Å². The van der Waals surface area contributed by atoms with Crippen LogP contribution in [0.25, 0.3) is 11.3 Å². The quantitative estimate of drug-likeness (QED) is 0.332. The number of benzene rings is 2. The standard InChI is InChI=1S/C20H19N5O5/c1-3-30-17-10-13(9-16(25(27)28)19(17)29-2)12-21-24-20-22-15(11-18(26)23-20)14-7-5-4-6-8-14/h4-12H,3H2,1-2H3,(H2,22,23,24,26)/b21-12-. The Kier molecular flexibility index (Phi) is 6.38. The molecule has 0 saturated carbocycles. The van der Waals surface area contributed by atoms with Crippen molar-refractivity contribution in [3.05, 3.63) is 74.6 Å². The smallest absolute Gasteiger partial charge is 0.315 e. The number of nitro benzene ring substituents is 1. The van der Waals surface area contributed by atoms with Crippen LogP contribution in [-0.2, 0) is 0 Å². The number of hydrogen-bond acceptors (Lipinski definition) is 8. The van der Waals surface area contributed by atoms with Crippen LogP contribution >= 0.6 is 0 Å². The maximum absolute atomic E-state index is 11.9. The molecule has 0 bridgehead atoms. The first kappa shape index (κ1) is 20.5. The molecule has 3 aromatic rings. The van der Waals surface area contributed by atoms with Gasteiger partial charge in [0.25, 0.3) is 5.56 Å². The number of nitrogens with zero attached hydrogens (tertiary/aromatic N) is 3. The molecule has 0 spiro atoms. The average molecular weight is 409 g/mol. The molecule has 10 nitrogen and oxygen atoms in total. The van der Waals surface area contributed by atoms with Crippen molar-refractivity contribution in [3.8, 4) is 22.8 Å². The number of anilines is 1. The van der Waals surface area contributed by atoms with Gasteiger partial charge >= 0.3 is 5.69 Å². The number of rotatable bonds is 8. The molecule has 0 aliphatic rings. The van der Waals surface area contributed by atoms with Gasteiger partial charge in [0.05, 0.1) is 30.5 Å². The first-order valence-corrected chi connectivity index (χ1v) is 8.97. The second-order valence-electron chi connectivity index (χ2n) is 5.98. The number of nitrogens with one attached hydrogen (secondary N) is 2. The number of aromatic nitrogens is 2. The number of hydrogen-bond donors (Lipinski definition) is 2. The molecule has 0 saturated heterocycles. The summed E-state index contributed by atoms with van der Waals surface area (Å²) in [6.07, 6.45) is 1.35. The molecule has 0 aliphatic carbocycles. The summed E-state index contributed by atoms with van der Waals surface area (Å²) < 4.78 is 10.5. The Morgan fingerprint density at radius 2 is 2.03 bits per heavy atom. The van der Waals surface area contributed by atoms with E-state index >= 15 is 0 Å². The highest BCUT2D eigenvalue weighted by atomic mass is 16.6. The van der Waals surface area contributed by atoms with Gasteiger partial charge in [0.15, 0.2) is 5.75 Å². The third kappa shape index (κ3) is 4.79. The third-order valence-corrected chi connectivity index (χ3v) is 3.95. The molecular formula is C20H19N5O5. The normalized spacial score (nSPS) is 10.7. The van der Waals surface area contributed by atoms with E-state index in [0.717, 1.165) is 5.56 Å². The molecule has 0 atom stereocenters. The molecule has 3 rings (SSSR count). The maximum Gasteiger partial charge on any atom is 0.315 e. The van der Waals surface area contributed by atoms with Gasteiger partial charge < -0.3 is 9.47 Å². The minimum absolute atomic E-state index is 0.0357. The van der Waals surface area contributed by atoms with Gasteiger partial charge in [-0.15, -0.1) is 0 Å². The fourth-order valence-corrected chi connectivity index (χ4v) is 2.72. The molecule has 0 unspecified atom stereocenters. The van der Waals surface area contributed by atoms with Crippen molar-refractivity contribution in [2.75, 3.05) is 19.1 Å². The lowest BCUT2D eigenvalue weighted by molar-refractivity contribution is -0.385. The number of H-pyrrole nitrogens is 1. The molecule has 1 heterocycles. The maximum atomic E-state index is 11.9. The zero-order valence-electron chi connectivity index (χ0n) is 16.3. The molecule has 10 heteroatoms. The molecule has 0 fully saturated rings. The number of ether oxygens (including phenoxy) is 2. The first-order chi connectivity index (χ1) is 14.5. The lowest BCUT2D eigenvalue weighted by atomic mass is 10.1. The Bertz CT molecular complexity index is 1130. The van der Waals surface area contributed by atoms with Crippen molar-refractivity contribution in [2.45, 2.75) is 6.92 Å². The summed E-state index contributed by atoms with van der Waals surface area (Å²) in [5.41, 5.74) is 3.70. The van der Waals surface area contributed by atoms with Gasteiger partial charge in [-0.25, -0.2) is 10.4 Å². The van der Waals surface area contributed by atoms with Crippen LogP contribution in [0.4, 0.5) is 11.6 Å². The highest BCUT2D eigenvalue weighted by molar-refractivity contribution is 5.83. The van der Waals surface area contributed by atoms with E-state index in [1.54, 1.807) is 13.0 Å². The zero-order valence-corrected chi connectivity index (χ0v) is 16.3. The van der Waals surface area contributed by atoms with Crippen LogP contribution in [0.1, 0.15) is 12.5 Å². The molecule has 0 radical (unpaired) electrons. The Balaban J connectivity index is 1.87. The van der Waals surface area contributed by atoms with Gasteiger partial charge in [-0.3, -0.25) is 19.9 Å². The number of methoxy groups -OCH3 is 1. The van der Waals surface area contributed by atoms with E-state index in [4.69, 9.17) is 9.47 Å².